The zero-order valence-electron chi connectivity index (χ0n) is 28.6. The normalized spacial score (nSPS) is 18.5. The van der Waals surface area contributed by atoms with Crippen LogP contribution in [0, 0.1) is 29.4 Å². The Morgan fingerprint density at radius 3 is 2.42 bits per heavy atom. The molecule has 2 aromatic carbocycles. The number of carbonyl (C=O) groups excluding carboxylic acids is 2. The fourth-order valence-electron chi connectivity index (χ4n) is 7.09. The van der Waals surface area contributed by atoms with E-state index in [-0.39, 0.29) is 29.3 Å². The first-order valence-electron chi connectivity index (χ1n) is 16.8. The lowest BCUT2D eigenvalue weighted by Gasteiger charge is -2.23. The Morgan fingerprint density at radius 2 is 1.77 bits per heavy atom. The van der Waals surface area contributed by atoms with Crippen molar-refractivity contribution in [3.63, 3.8) is 0 Å². The summed E-state index contributed by atoms with van der Waals surface area (Å²) in [5.74, 6) is -3.00. The number of nitrogens with zero attached hydrogens (tertiary/aromatic N) is 3. The lowest BCUT2D eigenvalue weighted by atomic mass is 9.92. The van der Waals surface area contributed by atoms with Crippen LogP contribution in [0.1, 0.15) is 89.5 Å². The summed E-state index contributed by atoms with van der Waals surface area (Å²) in [5, 5.41) is 19.3. The zero-order chi connectivity index (χ0) is 38.2. The fraction of sp³-hybridized carbons (Fsp3) is 0.368. The van der Waals surface area contributed by atoms with E-state index in [0.717, 1.165) is 37.5 Å². The molecule has 15 heteroatoms. The Hall–Kier alpha value is -5.23. The number of aliphatic hydroxyl groups is 1. The molecule has 0 saturated heterocycles. The number of pyridine rings is 1. The van der Waals surface area contributed by atoms with Gasteiger partial charge in [-0.15, -0.1) is 0 Å². The first-order chi connectivity index (χ1) is 24.7. The van der Waals surface area contributed by atoms with E-state index in [1.54, 1.807) is 24.3 Å². The highest BCUT2D eigenvalue weighted by molar-refractivity contribution is 6.01. The van der Waals surface area contributed by atoms with Gasteiger partial charge >= 0.3 is 6.18 Å². The SMILES string of the molecule is CC1Cc2c(C(F)(F)F)nn(CC(=O)NC(Cc3cc(F)cc(F)c3)c3nc(C#CC(C)(C)O)ccc3-c3ccc4c(c3)C(=O)NC43CC3)c2C1(F)F. The van der Waals surface area contributed by atoms with Crippen LogP contribution in [-0.2, 0) is 41.8 Å². The minimum Gasteiger partial charge on any atom is -0.378 e. The van der Waals surface area contributed by atoms with Crippen LogP contribution >= 0.6 is 0 Å². The molecular weight excluding hydrogens is 707 g/mol. The van der Waals surface area contributed by atoms with Crippen molar-refractivity contribution in [2.24, 2.45) is 5.92 Å². The van der Waals surface area contributed by atoms with Crippen molar-refractivity contribution >= 4 is 11.8 Å². The van der Waals surface area contributed by atoms with E-state index in [0.29, 0.717) is 27.4 Å². The van der Waals surface area contributed by atoms with Crippen LogP contribution < -0.4 is 10.6 Å². The molecule has 2 atom stereocenters. The summed E-state index contributed by atoms with van der Waals surface area (Å²) in [7, 11) is 0. The molecule has 2 aliphatic carbocycles. The monoisotopic (exact) mass is 739 g/mol. The molecule has 1 aliphatic heterocycles. The number of nitrogens with one attached hydrogen (secondary N) is 2. The number of aromatic nitrogens is 3. The minimum atomic E-state index is -5.06. The first-order valence-corrected chi connectivity index (χ1v) is 16.8. The summed E-state index contributed by atoms with van der Waals surface area (Å²) in [5.41, 5.74) is -2.75. The van der Waals surface area contributed by atoms with Gasteiger partial charge in [0.25, 0.3) is 11.8 Å². The molecule has 3 N–H and O–H groups in total. The van der Waals surface area contributed by atoms with E-state index in [4.69, 9.17) is 0 Å². The van der Waals surface area contributed by atoms with Gasteiger partial charge in [-0.1, -0.05) is 25.0 Å². The smallest absolute Gasteiger partial charge is 0.378 e. The Balaban J connectivity index is 1.33. The molecule has 3 aliphatic rings. The standard InChI is InChI=1S/C38H32F7N5O3/c1-19-12-27-32(38(43,44)45)49-50(33(27)37(19,41)42)18-30(51)47-29(15-20-13-22(39)17-23(40)14-20)31-25(6-5-24(46-31)8-9-35(2,3)53)21-4-7-28-26(16-21)34(52)48-36(28)10-11-36/h4-7,13-14,16-17,19,29,53H,10-12,15,18H2,1-3H3,(H,47,51)(H,48,52). The van der Waals surface area contributed by atoms with Crippen LogP contribution in [0.15, 0.2) is 48.5 Å². The Labute approximate surface area is 298 Å². The first kappa shape index (κ1) is 36.1. The van der Waals surface area contributed by atoms with Crippen molar-refractivity contribution in [3.8, 4) is 23.0 Å². The highest BCUT2D eigenvalue weighted by Gasteiger charge is 2.54. The van der Waals surface area contributed by atoms with Gasteiger partial charge in [-0.3, -0.25) is 14.3 Å². The Morgan fingerprint density at radius 1 is 1.08 bits per heavy atom. The molecule has 4 aromatic rings. The molecule has 53 heavy (non-hydrogen) atoms. The molecule has 276 valence electrons. The largest absolute Gasteiger partial charge is 0.435 e. The Kier molecular flexibility index (Phi) is 8.48. The number of amides is 2. The molecule has 2 unspecified atom stereocenters. The zero-order valence-corrected chi connectivity index (χ0v) is 28.6. The van der Waals surface area contributed by atoms with Gasteiger partial charge in [0, 0.05) is 28.7 Å². The second-order valence-electron chi connectivity index (χ2n) is 14.4. The van der Waals surface area contributed by atoms with E-state index >= 15 is 8.78 Å². The predicted molar refractivity (Wildman–Crippen MR) is 176 cm³/mol. The van der Waals surface area contributed by atoms with Crippen molar-refractivity contribution in [3.05, 3.63) is 105 Å². The summed E-state index contributed by atoms with van der Waals surface area (Å²) in [6, 6.07) is 9.73. The molecule has 7 rings (SSSR count). The second kappa shape index (κ2) is 12.4. The maximum absolute atomic E-state index is 15.2. The third kappa shape index (κ3) is 6.88. The summed E-state index contributed by atoms with van der Waals surface area (Å²) in [6.45, 7) is 2.94. The molecular formula is C38H32F7N5O3. The number of alkyl halides is 5. The van der Waals surface area contributed by atoms with Gasteiger partial charge in [-0.2, -0.15) is 27.1 Å². The second-order valence-corrected chi connectivity index (χ2v) is 14.4. The van der Waals surface area contributed by atoms with Crippen LogP contribution in [0.25, 0.3) is 11.1 Å². The predicted octanol–water partition coefficient (Wildman–Crippen LogP) is 6.48. The third-order valence-corrected chi connectivity index (χ3v) is 9.70. The van der Waals surface area contributed by atoms with Gasteiger partial charge in [0.05, 0.1) is 17.3 Å². The summed E-state index contributed by atoms with van der Waals surface area (Å²) >= 11 is 0. The summed E-state index contributed by atoms with van der Waals surface area (Å²) in [6.07, 6.45) is -4.43. The van der Waals surface area contributed by atoms with Gasteiger partial charge < -0.3 is 15.7 Å². The number of halogens is 7. The van der Waals surface area contributed by atoms with E-state index in [9.17, 15) is 36.6 Å². The molecule has 0 bridgehead atoms. The van der Waals surface area contributed by atoms with Crippen LogP contribution in [0.5, 0.6) is 0 Å². The van der Waals surface area contributed by atoms with Gasteiger partial charge in [0.2, 0.25) is 5.91 Å². The highest BCUT2D eigenvalue weighted by atomic mass is 19.4. The molecule has 1 spiro atoms. The van der Waals surface area contributed by atoms with E-state index in [1.807, 2.05) is 0 Å². The van der Waals surface area contributed by atoms with Crippen molar-refractivity contribution in [1.82, 2.24) is 25.4 Å². The molecule has 2 amide bonds. The van der Waals surface area contributed by atoms with Crippen molar-refractivity contribution in [2.75, 3.05) is 0 Å². The van der Waals surface area contributed by atoms with E-state index in [2.05, 4.69) is 32.6 Å². The molecule has 1 fully saturated rings. The maximum Gasteiger partial charge on any atom is 0.435 e. The van der Waals surface area contributed by atoms with Crippen LogP contribution in [-0.4, -0.2) is 37.3 Å². The third-order valence-electron chi connectivity index (χ3n) is 9.70. The number of carbonyl (C=O) groups is 2. The number of hydrogen-bond donors (Lipinski definition) is 3. The van der Waals surface area contributed by atoms with Crippen molar-refractivity contribution in [2.45, 2.75) is 82.3 Å². The quantitative estimate of drug-likeness (QED) is 0.149. The lowest BCUT2D eigenvalue weighted by molar-refractivity contribution is -0.142. The van der Waals surface area contributed by atoms with Crippen molar-refractivity contribution in [1.29, 1.82) is 0 Å². The van der Waals surface area contributed by atoms with Crippen molar-refractivity contribution < 1.29 is 45.4 Å². The fourth-order valence-corrected chi connectivity index (χ4v) is 7.09. The van der Waals surface area contributed by atoms with E-state index in [1.165, 1.54) is 19.9 Å². The van der Waals surface area contributed by atoms with Crippen LogP contribution in [0.3, 0.4) is 0 Å². The number of hydrogen-bond acceptors (Lipinski definition) is 5. The topological polar surface area (TPSA) is 109 Å². The summed E-state index contributed by atoms with van der Waals surface area (Å²) in [4.78, 5) is 31.4. The van der Waals surface area contributed by atoms with E-state index < -0.39 is 82.7 Å². The number of rotatable bonds is 7. The molecule has 0 radical (unpaired) electrons. The molecule has 3 heterocycles. The Bertz CT molecular complexity index is 2220. The highest BCUT2D eigenvalue weighted by Crippen LogP contribution is 2.51. The maximum atomic E-state index is 15.2. The number of benzene rings is 2. The van der Waals surface area contributed by atoms with Gasteiger partial charge in [0.1, 0.15) is 35.2 Å². The average molecular weight is 740 g/mol. The van der Waals surface area contributed by atoms with Gasteiger partial charge in [-0.25, -0.2) is 13.8 Å². The van der Waals surface area contributed by atoms with Crippen LogP contribution in [0.4, 0.5) is 30.7 Å². The summed E-state index contributed by atoms with van der Waals surface area (Å²) < 4.78 is 101. The lowest BCUT2D eigenvalue weighted by Crippen LogP contribution is -2.35. The molecule has 2 aromatic heterocycles. The molecule has 8 nitrogen and oxygen atoms in total. The minimum absolute atomic E-state index is 0.0530. The average Bonchev–Trinajstić information content (AvgIpc) is 3.57. The van der Waals surface area contributed by atoms with Crippen LogP contribution in [0.2, 0.25) is 0 Å². The number of fused-ring (bicyclic) bond motifs is 3. The van der Waals surface area contributed by atoms with Gasteiger partial charge in [-0.05, 0) is 92.5 Å². The van der Waals surface area contributed by atoms with Gasteiger partial charge in [0.15, 0.2) is 5.69 Å². The molecule has 1 saturated carbocycles.